The molecular weight excluding hydrogens is 392 g/mol. The van der Waals surface area contributed by atoms with Crippen LogP contribution in [0.25, 0.3) is 0 Å². The standard InChI is InChI=1S/C23H32N6O2/c1-2-24-23(26-16-5-3-7-19-9-11-21(12-10-19)29(30)31)27-20-13-17-28(18-14-20)22-8-4-6-15-25-22/h4,6,8-12,15,20H,2-3,5,7,13-14,16-18H2,1H3,(H2,24,26,27). The number of nitrogens with zero attached hydrogens (tertiary/aromatic N) is 4. The first-order valence-electron chi connectivity index (χ1n) is 11.1. The number of guanidine groups is 1. The van der Waals surface area contributed by atoms with E-state index in [1.165, 1.54) is 0 Å². The lowest BCUT2D eigenvalue weighted by Gasteiger charge is -2.33. The van der Waals surface area contributed by atoms with Crippen LogP contribution in [0.2, 0.25) is 0 Å². The summed E-state index contributed by atoms with van der Waals surface area (Å²) in [5.74, 6) is 1.93. The molecule has 0 radical (unpaired) electrons. The van der Waals surface area contributed by atoms with Gasteiger partial charge in [-0.15, -0.1) is 0 Å². The average molecular weight is 425 g/mol. The van der Waals surface area contributed by atoms with Crippen molar-refractivity contribution in [1.29, 1.82) is 0 Å². The summed E-state index contributed by atoms with van der Waals surface area (Å²) in [6, 6.07) is 13.3. The maximum Gasteiger partial charge on any atom is 0.269 e. The van der Waals surface area contributed by atoms with Gasteiger partial charge in [-0.1, -0.05) is 18.2 Å². The van der Waals surface area contributed by atoms with Crippen LogP contribution in [0.5, 0.6) is 0 Å². The molecule has 0 bridgehead atoms. The summed E-state index contributed by atoms with van der Waals surface area (Å²) in [5, 5.41) is 17.7. The summed E-state index contributed by atoms with van der Waals surface area (Å²) in [5.41, 5.74) is 1.26. The Morgan fingerprint density at radius 3 is 2.61 bits per heavy atom. The lowest BCUT2D eigenvalue weighted by Crippen LogP contribution is -2.49. The van der Waals surface area contributed by atoms with E-state index in [1.807, 2.05) is 30.5 Å². The van der Waals surface area contributed by atoms with Crippen molar-refractivity contribution in [3.63, 3.8) is 0 Å². The fourth-order valence-corrected chi connectivity index (χ4v) is 3.72. The number of benzene rings is 1. The number of piperidine rings is 1. The highest BCUT2D eigenvalue weighted by molar-refractivity contribution is 5.80. The highest BCUT2D eigenvalue weighted by atomic mass is 16.6. The first-order valence-corrected chi connectivity index (χ1v) is 11.1. The van der Waals surface area contributed by atoms with Crippen LogP contribution in [-0.4, -0.2) is 48.1 Å². The van der Waals surface area contributed by atoms with E-state index < -0.39 is 0 Å². The Labute approximate surface area is 183 Å². The van der Waals surface area contributed by atoms with Crippen molar-refractivity contribution in [3.8, 4) is 0 Å². The minimum atomic E-state index is -0.365. The zero-order chi connectivity index (χ0) is 21.9. The van der Waals surface area contributed by atoms with Crippen molar-refractivity contribution in [2.75, 3.05) is 31.1 Å². The molecule has 1 aliphatic rings. The predicted molar refractivity (Wildman–Crippen MR) is 125 cm³/mol. The van der Waals surface area contributed by atoms with Gasteiger partial charge in [-0.2, -0.15) is 0 Å². The van der Waals surface area contributed by atoms with Gasteiger partial charge in [0.1, 0.15) is 5.82 Å². The van der Waals surface area contributed by atoms with Crippen molar-refractivity contribution in [3.05, 3.63) is 64.3 Å². The van der Waals surface area contributed by atoms with Crippen LogP contribution in [-0.2, 0) is 6.42 Å². The summed E-state index contributed by atoms with van der Waals surface area (Å²) >= 11 is 0. The highest BCUT2D eigenvalue weighted by Gasteiger charge is 2.20. The number of aliphatic imine (C=N–C) groups is 1. The Bertz CT molecular complexity index is 833. The molecule has 1 fully saturated rings. The fourth-order valence-electron chi connectivity index (χ4n) is 3.72. The second-order valence-corrected chi connectivity index (χ2v) is 7.73. The fraction of sp³-hybridized carbons (Fsp3) is 0.478. The summed E-state index contributed by atoms with van der Waals surface area (Å²) in [6.45, 7) is 5.65. The molecule has 8 nitrogen and oxygen atoms in total. The Morgan fingerprint density at radius 2 is 1.97 bits per heavy atom. The third-order valence-electron chi connectivity index (χ3n) is 5.44. The molecule has 0 aliphatic carbocycles. The molecule has 1 saturated heterocycles. The van der Waals surface area contributed by atoms with E-state index in [4.69, 9.17) is 4.99 Å². The summed E-state index contributed by atoms with van der Waals surface area (Å²) in [6.07, 6.45) is 6.85. The molecule has 0 amide bonds. The Morgan fingerprint density at radius 1 is 1.19 bits per heavy atom. The number of pyridine rings is 1. The first kappa shape index (κ1) is 22.5. The van der Waals surface area contributed by atoms with E-state index in [9.17, 15) is 10.1 Å². The van der Waals surface area contributed by atoms with Gasteiger partial charge in [0.25, 0.3) is 5.69 Å². The molecule has 0 spiro atoms. The van der Waals surface area contributed by atoms with Crippen LogP contribution in [0.15, 0.2) is 53.7 Å². The summed E-state index contributed by atoms with van der Waals surface area (Å²) in [4.78, 5) is 21.9. The number of anilines is 1. The maximum atomic E-state index is 10.7. The van der Waals surface area contributed by atoms with Gasteiger partial charge in [0.15, 0.2) is 5.96 Å². The number of non-ortho nitro benzene ring substituents is 1. The molecule has 0 saturated carbocycles. The molecule has 166 valence electrons. The van der Waals surface area contributed by atoms with Crippen LogP contribution in [0.4, 0.5) is 11.5 Å². The predicted octanol–water partition coefficient (Wildman–Crippen LogP) is 3.54. The number of aryl methyl sites for hydroxylation is 1. The third kappa shape index (κ3) is 7.24. The second kappa shape index (κ2) is 11.9. The molecule has 8 heteroatoms. The molecular formula is C23H32N6O2. The molecule has 2 aromatic rings. The van der Waals surface area contributed by atoms with Gasteiger partial charge in [0, 0.05) is 50.6 Å². The van der Waals surface area contributed by atoms with E-state index in [2.05, 4.69) is 33.5 Å². The van der Waals surface area contributed by atoms with Gasteiger partial charge in [0.05, 0.1) is 4.92 Å². The van der Waals surface area contributed by atoms with E-state index in [-0.39, 0.29) is 10.6 Å². The number of unbranched alkanes of at least 4 members (excludes halogenated alkanes) is 1. The van der Waals surface area contributed by atoms with Gasteiger partial charge in [-0.3, -0.25) is 15.1 Å². The number of hydrogen-bond acceptors (Lipinski definition) is 5. The zero-order valence-electron chi connectivity index (χ0n) is 18.2. The Hall–Kier alpha value is -3.16. The highest BCUT2D eigenvalue weighted by Crippen LogP contribution is 2.17. The van der Waals surface area contributed by atoms with Crippen molar-refractivity contribution in [1.82, 2.24) is 15.6 Å². The number of aromatic nitrogens is 1. The number of rotatable bonds is 9. The van der Waals surface area contributed by atoms with Gasteiger partial charge >= 0.3 is 0 Å². The van der Waals surface area contributed by atoms with Crippen molar-refractivity contribution >= 4 is 17.5 Å². The third-order valence-corrected chi connectivity index (χ3v) is 5.44. The largest absolute Gasteiger partial charge is 0.357 e. The van der Waals surface area contributed by atoms with Gasteiger partial charge in [-0.05, 0) is 56.7 Å². The zero-order valence-corrected chi connectivity index (χ0v) is 18.2. The quantitative estimate of drug-likeness (QED) is 0.210. The minimum absolute atomic E-state index is 0.139. The van der Waals surface area contributed by atoms with Gasteiger partial charge in [0.2, 0.25) is 0 Å². The molecule has 1 aliphatic heterocycles. The molecule has 3 rings (SSSR count). The van der Waals surface area contributed by atoms with Gasteiger partial charge < -0.3 is 15.5 Å². The van der Waals surface area contributed by atoms with Crippen molar-refractivity contribution in [2.24, 2.45) is 4.99 Å². The number of nitro groups is 1. The smallest absolute Gasteiger partial charge is 0.269 e. The van der Waals surface area contributed by atoms with E-state index in [1.54, 1.807) is 12.1 Å². The van der Waals surface area contributed by atoms with Gasteiger partial charge in [-0.25, -0.2) is 4.98 Å². The molecule has 0 unspecified atom stereocenters. The maximum absolute atomic E-state index is 10.7. The van der Waals surface area contributed by atoms with E-state index in [0.717, 1.165) is 75.6 Å². The van der Waals surface area contributed by atoms with Crippen LogP contribution in [0.1, 0.15) is 38.2 Å². The molecule has 31 heavy (non-hydrogen) atoms. The Balaban J connectivity index is 1.39. The van der Waals surface area contributed by atoms with Crippen molar-refractivity contribution in [2.45, 2.75) is 45.1 Å². The normalized spacial score (nSPS) is 15.0. The van der Waals surface area contributed by atoms with Crippen LogP contribution in [0.3, 0.4) is 0 Å². The average Bonchev–Trinajstić information content (AvgIpc) is 2.80. The van der Waals surface area contributed by atoms with Crippen LogP contribution in [0, 0.1) is 10.1 Å². The topological polar surface area (TPSA) is 95.7 Å². The number of nitrogens with one attached hydrogen (secondary N) is 2. The summed E-state index contributed by atoms with van der Waals surface area (Å²) in [7, 11) is 0. The Kier molecular flexibility index (Phi) is 8.63. The number of nitro benzene ring substituents is 1. The first-order chi connectivity index (χ1) is 15.2. The molecule has 1 aromatic heterocycles. The minimum Gasteiger partial charge on any atom is -0.357 e. The van der Waals surface area contributed by atoms with Crippen molar-refractivity contribution < 1.29 is 4.92 Å². The van der Waals surface area contributed by atoms with Crippen LogP contribution < -0.4 is 15.5 Å². The molecule has 1 aromatic carbocycles. The number of hydrogen-bond donors (Lipinski definition) is 2. The van der Waals surface area contributed by atoms with E-state index >= 15 is 0 Å². The summed E-state index contributed by atoms with van der Waals surface area (Å²) < 4.78 is 0. The lowest BCUT2D eigenvalue weighted by molar-refractivity contribution is -0.384. The molecule has 2 heterocycles. The second-order valence-electron chi connectivity index (χ2n) is 7.73. The van der Waals surface area contributed by atoms with Crippen LogP contribution >= 0.6 is 0 Å². The molecule has 0 atom stereocenters. The van der Waals surface area contributed by atoms with E-state index in [0.29, 0.717) is 6.04 Å². The SMILES string of the molecule is CCNC(=NCCCCc1ccc([N+](=O)[O-])cc1)NC1CCN(c2ccccn2)CC1. The monoisotopic (exact) mass is 424 g/mol. The lowest BCUT2D eigenvalue weighted by atomic mass is 10.1. The molecule has 2 N–H and O–H groups in total.